The van der Waals surface area contributed by atoms with Crippen LogP contribution in [0.2, 0.25) is 0 Å². The summed E-state index contributed by atoms with van der Waals surface area (Å²) in [5.74, 6) is -0.231. The van der Waals surface area contributed by atoms with Crippen molar-refractivity contribution in [1.82, 2.24) is 0 Å². The summed E-state index contributed by atoms with van der Waals surface area (Å²) in [4.78, 5) is 11.0. The first-order chi connectivity index (χ1) is 7.41. The Kier molecular flexibility index (Phi) is 4.73. The molecule has 1 aromatic carbocycles. The van der Waals surface area contributed by atoms with Gasteiger partial charge >= 0.3 is 6.61 Å². The zero-order valence-corrected chi connectivity index (χ0v) is 10.8. The Morgan fingerprint density at radius 2 is 2.12 bits per heavy atom. The Bertz CT molecular complexity index is 398. The summed E-state index contributed by atoms with van der Waals surface area (Å²) in [7, 11) is 0. The number of hydrogen-bond acceptors (Lipinski definition) is 3. The Labute approximate surface area is 106 Å². The summed E-state index contributed by atoms with van der Waals surface area (Å²) in [6.45, 7) is -1.57. The molecule has 0 fully saturated rings. The number of rotatable bonds is 4. The van der Waals surface area contributed by atoms with E-state index < -0.39 is 11.4 Å². The van der Waals surface area contributed by atoms with E-state index in [9.17, 15) is 13.6 Å². The maximum atomic E-state index is 12.1. The monoisotopic (exact) mass is 310 g/mol. The average molecular weight is 311 g/mol. The van der Waals surface area contributed by atoms with E-state index >= 15 is 0 Å². The zero-order chi connectivity index (χ0) is 12.3. The second kappa shape index (κ2) is 5.63. The minimum atomic E-state index is -2.93. The maximum Gasteiger partial charge on any atom is 0.387 e. The van der Waals surface area contributed by atoms with E-state index in [0.717, 1.165) is 0 Å². The molecule has 0 heterocycles. The Morgan fingerprint density at radius 1 is 1.50 bits per heavy atom. The molecule has 0 aliphatic rings. The van der Waals surface area contributed by atoms with Gasteiger partial charge in [-0.15, -0.1) is 12.6 Å². The molecule has 1 rings (SSSR count). The van der Waals surface area contributed by atoms with E-state index in [2.05, 4.69) is 33.3 Å². The third kappa shape index (κ3) is 3.45. The highest BCUT2D eigenvalue weighted by Gasteiger charge is 2.19. The van der Waals surface area contributed by atoms with Crippen LogP contribution in [0.25, 0.3) is 0 Å². The van der Waals surface area contributed by atoms with Gasteiger partial charge in [0, 0.05) is 10.5 Å². The number of ether oxygens (including phenoxy) is 1. The molecule has 0 amide bonds. The van der Waals surface area contributed by atoms with Gasteiger partial charge in [0.1, 0.15) is 16.4 Å². The van der Waals surface area contributed by atoms with Gasteiger partial charge in [-0.1, -0.05) is 22.0 Å². The highest BCUT2D eigenvalue weighted by atomic mass is 79.9. The normalized spacial score (nSPS) is 12.6. The van der Waals surface area contributed by atoms with Gasteiger partial charge in [-0.2, -0.15) is 8.78 Å². The maximum absolute atomic E-state index is 12.1. The number of alkyl halides is 3. The molecule has 0 N–H and O–H groups in total. The molecule has 0 aliphatic heterocycles. The molecule has 1 aromatic rings. The van der Waals surface area contributed by atoms with Crippen molar-refractivity contribution in [3.63, 3.8) is 0 Å². The highest BCUT2D eigenvalue weighted by Crippen LogP contribution is 2.34. The lowest BCUT2D eigenvalue weighted by Crippen LogP contribution is -2.08. The van der Waals surface area contributed by atoms with Crippen LogP contribution >= 0.6 is 28.6 Å². The Morgan fingerprint density at radius 3 is 2.62 bits per heavy atom. The first-order valence-corrected chi connectivity index (χ1v) is 5.70. The summed E-state index contributed by atoms with van der Waals surface area (Å²) in [6.07, 6.45) is 0. The van der Waals surface area contributed by atoms with Crippen LogP contribution in [0.4, 0.5) is 8.78 Å². The summed E-state index contributed by atoms with van der Waals surface area (Å²) in [5, 5.41) is 0. The Hall–Kier alpha value is -0.620. The van der Waals surface area contributed by atoms with Crippen molar-refractivity contribution < 1.29 is 18.3 Å². The quantitative estimate of drug-likeness (QED) is 0.679. The van der Waals surface area contributed by atoms with E-state index in [1.54, 1.807) is 6.07 Å². The van der Waals surface area contributed by atoms with Crippen LogP contribution in [0.1, 0.15) is 17.3 Å². The number of thiol groups is 1. The standard InChI is InChI=1S/C10H9BrF2O2S/c1-5(14)9(11)7-3-2-6(16)4-8(7)15-10(12)13/h2-4,9-10,16H,1H3. The van der Waals surface area contributed by atoms with Crippen LogP contribution in [0, 0.1) is 0 Å². The summed E-state index contributed by atoms with van der Waals surface area (Å²) in [6, 6.07) is 4.48. The van der Waals surface area contributed by atoms with Gasteiger partial charge in [-0.25, -0.2) is 0 Å². The van der Waals surface area contributed by atoms with Gasteiger partial charge in [-0.05, 0) is 19.1 Å². The van der Waals surface area contributed by atoms with E-state index in [0.29, 0.717) is 10.5 Å². The lowest BCUT2D eigenvalue weighted by molar-refractivity contribution is -0.116. The number of carbonyl (C=O) groups is 1. The van der Waals surface area contributed by atoms with Crippen LogP contribution < -0.4 is 4.74 Å². The molecule has 1 atom stereocenters. The van der Waals surface area contributed by atoms with Gasteiger partial charge in [0.05, 0.1) is 0 Å². The van der Waals surface area contributed by atoms with E-state index in [1.807, 2.05) is 0 Å². The fraction of sp³-hybridized carbons (Fsp3) is 0.300. The lowest BCUT2D eigenvalue weighted by atomic mass is 10.1. The van der Waals surface area contributed by atoms with Crippen LogP contribution in [0.5, 0.6) is 5.75 Å². The highest BCUT2D eigenvalue weighted by molar-refractivity contribution is 9.09. The van der Waals surface area contributed by atoms with Gasteiger partial charge in [0.25, 0.3) is 0 Å². The lowest BCUT2D eigenvalue weighted by Gasteiger charge is -2.13. The summed E-state index contributed by atoms with van der Waals surface area (Å²) >= 11 is 7.14. The molecule has 16 heavy (non-hydrogen) atoms. The number of carbonyl (C=O) groups excluding carboxylic acids is 1. The van der Waals surface area contributed by atoms with E-state index in [4.69, 9.17) is 0 Å². The van der Waals surface area contributed by atoms with Crippen molar-refractivity contribution in [3.8, 4) is 5.75 Å². The number of Topliss-reactive ketones (excluding diaryl/α,β-unsaturated/α-hetero) is 1. The first-order valence-electron chi connectivity index (χ1n) is 4.34. The van der Waals surface area contributed by atoms with Gasteiger partial charge in [-0.3, -0.25) is 4.79 Å². The molecule has 0 aromatic heterocycles. The topological polar surface area (TPSA) is 26.3 Å². The molecule has 0 aliphatic carbocycles. The third-order valence-corrected chi connectivity index (χ3v) is 3.26. The first kappa shape index (κ1) is 13.4. The minimum Gasteiger partial charge on any atom is -0.434 e. The predicted octanol–water partition coefficient (Wildman–Crippen LogP) is 3.60. The van der Waals surface area contributed by atoms with Gasteiger partial charge in [0.15, 0.2) is 0 Å². The average Bonchev–Trinajstić information content (AvgIpc) is 2.15. The number of ketones is 1. The minimum absolute atomic E-state index is 0.0421. The third-order valence-electron chi connectivity index (χ3n) is 1.84. The molecule has 0 saturated carbocycles. The molecule has 88 valence electrons. The van der Waals surface area contributed by atoms with Crippen LogP contribution in [0.15, 0.2) is 23.1 Å². The van der Waals surface area contributed by atoms with Crippen molar-refractivity contribution in [2.24, 2.45) is 0 Å². The number of hydrogen-bond donors (Lipinski definition) is 1. The van der Waals surface area contributed by atoms with Crippen LogP contribution in [0.3, 0.4) is 0 Å². The smallest absolute Gasteiger partial charge is 0.387 e. The molecule has 1 unspecified atom stereocenters. The molecule has 0 bridgehead atoms. The van der Waals surface area contributed by atoms with Crippen molar-refractivity contribution in [3.05, 3.63) is 23.8 Å². The molecular formula is C10H9BrF2O2S. The van der Waals surface area contributed by atoms with Crippen molar-refractivity contribution in [2.45, 2.75) is 23.3 Å². The molecule has 2 nitrogen and oxygen atoms in total. The molecular weight excluding hydrogens is 302 g/mol. The molecule has 6 heteroatoms. The Balaban J connectivity index is 3.11. The van der Waals surface area contributed by atoms with Crippen LogP contribution in [-0.4, -0.2) is 12.4 Å². The fourth-order valence-corrected chi connectivity index (χ4v) is 1.72. The van der Waals surface area contributed by atoms with E-state index in [1.165, 1.54) is 19.1 Å². The van der Waals surface area contributed by atoms with Crippen molar-refractivity contribution in [2.75, 3.05) is 0 Å². The predicted molar refractivity (Wildman–Crippen MR) is 62.7 cm³/mol. The zero-order valence-electron chi connectivity index (χ0n) is 8.28. The van der Waals surface area contributed by atoms with Crippen molar-refractivity contribution in [1.29, 1.82) is 0 Å². The molecule has 0 radical (unpaired) electrons. The van der Waals surface area contributed by atoms with Crippen molar-refractivity contribution >= 4 is 34.3 Å². The molecule has 0 saturated heterocycles. The second-order valence-electron chi connectivity index (χ2n) is 3.07. The SMILES string of the molecule is CC(=O)C(Br)c1ccc(S)cc1OC(F)F. The fourth-order valence-electron chi connectivity index (χ4n) is 1.15. The largest absolute Gasteiger partial charge is 0.434 e. The van der Waals surface area contributed by atoms with Crippen LogP contribution in [-0.2, 0) is 4.79 Å². The number of halogens is 3. The number of benzene rings is 1. The van der Waals surface area contributed by atoms with Gasteiger partial charge in [0.2, 0.25) is 0 Å². The summed E-state index contributed by atoms with van der Waals surface area (Å²) < 4.78 is 28.6. The van der Waals surface area contributed by atoms with E-state index in [-0.39, 0.29) is 11.5 Å². The second-order valence-corrected chi connectivity index (χ2v) is 4.51. The summed E-state index contributed by atoms with van der Waals surface area (Å²) in [5.41, 5.74) is 0.366. The molecule has 0 spiro atoms. The van der Waals surface area contributed by atoms with Gasteiger partial charge < -0.3 is 4.74 Å².